The van der Waals surface area contributed by atoms with Crippen molar-refractivity contribution in [2.45, 2.75) is 39.3 Å². The van der Waals surface area contributed by atoms with Crippen molar-refractivity contribution < 1.29 is 0 Å². The molecule has 0 spiro atoms. The van der Waals surface area contributed by atoms with E-state index in [1.165, 1.54) is 36.2 Å². The number of hydrogen-bond donors (Lipinski definition) is 0. The maximum Gasteiger partial charge on any atom is 0.0775 e. The van der Waals surface area contributed by atoms with Crippen molar-refractivity contribution in [3.8, 4) is 22.3 Å². The molecular weight excluding hydrogens is 471 g/mol. The van der Waals surface area contributed by atoms with Crippen molar-refractivity contribution in [3.05, 3.63) is 70.3 Å². The molecule has 3 rings (SSSR count). The van der Waals surface area contributed by atoms with Crippen molar-refractivity contribution in [2.75, 3.05) is 0 Å². The highest BCUT2D eigenvalue weighted by molar-refractivity contribution is 14.1. The van der Waals surface area contributed by atoms with Gasteiger partial charge in [-0.25, -0.2) is 0 Å². The third kappa shape index (κ3) is 5.01. The number of hydrogen-bond acceptors (Lipinski definition) is 0. The Kier molecular flexibility index (Phi) is 5.85. The van der Waals surface area contributed by atoms with Crippen molar-refractivity contribution in [1.29, 1.82) is 0 Å². The van der Waals surface area contributed by atoms with Crippen molar-refractivity contribution >= 4 is 49.1 Å². The van der Waals surface area contributed by atoms with Crippen LogP contribution in [0.2, 0.25) is 39.3 Å². The summed E-state index contributed by atoms with van der Waals surface area (Å²) in [6, 6.07) is 25.3. The summed E-state index contributed by atoms with van der Waals surface area (Å²) >= 11 is 2.44. The Morgan fingerprint density at radius 2 is 0.815 bits per heavy atom. The number of halogens is 1. The van der Waals surface area contributed by atoms with Crippen LogP contribution in [-0.4, -0.2) is 16.1 Å². The minimum absolute atomic E-state index is 1.25. The van der Waals surface area contributed by atoms with E-state index in [4.69, 9.17) is 0 Å². The van der Waals surface area contributed by atoms with Gasteiger partial charge in [-0.3, -0.25) is 0 Å². The summed E-state index contributed by atoms with van der Waals surface area (Å²) in [5, 5.41) is 3.03. The molecule has 0 heterocycles. The first-order chi connectivity index (χ1) is 12.5. The van der Waals surface area contributed by atoms with E-state index in [1.807, 2.05) is 0 Å². The van der Waals surface area contributed by atoms with Crippen LogP contribution in [0.1, 0.15) is 0 Å². The van der Waals surface area contributed by atoms with Crippen molar-refractivity contribution in [2.24, 2.45) is 0 Å². The zero-order chi connectivity index (χ0) is 19.8. The van der Waals surface area contributed by atoms with E-state index in [0.29, 0.717) is 0 Å². The lowest BCUT2D eigenvalue weighted by molar-refractivity contribution is 1.56. The summed E-state index contributed by atoms with van der Waals surface area (Å²) in [6.07, 6.45) is 0. The van der Waals surface area contributed by atoms with Gasteiger partial charge >= 0.3 is 0 Å². The summed E-state index contributed by atoms with van der Waals surface area (Å²) in [5.41, 5.74) is 5.20. The molecule has 140 valence electrons. The molecule has 0 amide bonds. The average molecular weight is 501 g/mol. The molecule has 0 saturated heterocycles. The monoisotopic (exact) mass is 500 g/mol. The summed E-state index contributed by atoms with van der Waals surface area (Å²) in [6.45, 7) is 14.4. The Balaban J connectivity index is 1.97. The highest BCUT2D eigenvalue weighted by Gasteiger charge is 2.17. The lowest BCUT2D eigenvalue weighted by Crippen LogP contribution is -2.37. The van der Waals surface area contributed by atoms with Crippen LogP contribution < -0.4 is 10.4 Å². The molecule has 0 aliphatic carbocycles. The zero-order valence-corrected chi connectivity index (χ0v) is 21.4. The third-order valence-corrected chi connectivity index (χ3v) is 9.82. The Hall–Kier alpha value is -1.18. The summed E-state index contributed by atoms with van der Waals surface area (Å²) in [7, 11) is -2.50. The molecule has 3 heteroatoms. The first-order valence-electron chi connectivity index (χ1n) is 9.56. The van der Waals surface area contributed by atoms with Crippen molar-refractivity contribution in [1.82, 2.24) is 0 Å². The Morgan fingerprint density at radius 3 is 1.11 bits per heavy atom. The van der Waals surface area contributed by atoms with Crippen LogP contribution in [-0.2, 0) is 0 Å². The molecule has 0 aromatic heterocycles. The van der Waals surface area contributed by atoms with E-state index in [0.717, 1.165) is 0 Å². The normalized spacial score (nSPS) is 12.3. The molecule has 0 aliphatic heterocycles. The highest BCUT2D eigenvalue weighted by atomic mass is 127. The fourth-order valence-electron chi connectivity index (χ4n) is 3.25. The zero-order valence-electron chi connectivity index (χ0n) is 17.2. The molecule has 0 nitrogen and oxygen atoms in total. The SMILES string of the molecule is C[Si](C)(C)c1ccc(-c2cc(I)cc(-c3ccc([Si](C)(C)C)cc3)c2)cc1. The van der Waals surface area contributed by atoms with Crippen LogP contribution in [0, 0.1) is 3.57 Å². The smallest absolute Gasteiger partial charge is 0.0656 e. The van der Waals surface area contributed by atoms with Crippen LogP contribution in [0.15, 0.2) is 66.7 Å². The van der Waals surface area contributed by atoms with Crippen LogP contribution in [0.5, 0.6) is 0 Å². The van der Waals surface area contributed by atoms with Crippen LogP contribution in [0.25, 0.3) is 22.3 Å². The molecule has 0 radical (unpaired) electrons. The molecule has 0 atom stereocenters. The van der Waals surface area contributed by atoms with Crippen LogP contribution >= 0.6 is 22.6 Å². The first kappa shape index (κ1) is 20.6. The minimum atomic E-state index is -1.25. The van der Waals surface area contributed by atoms with Gasteiger partial charge in [0.2, 0.25) is 0 Å². The van der Waals surface area contributed by atoms with Gasteiger partial charge in [-0.05, 0) is 63.0 Å². The molecule has 3 aromatic rings. The standard InChI is InChI=1S/C24H29ISi2/c1-26(2,3)23-11-7-18(8-12-23)20-15-21(17-22(25)16-20)19-9-13-24(14-10-19)27(4,5)6/h7-17H,1-6H3. The van der Waals surface area contributed by atoms with Gasteiger partial charge in [0, 0.05) is 3.57 Å². The van der Waals surface area contributed by atoms with Gasteiger partial charge in [0.05, 0.1) is 16.1 Å². The van der Waals surface area contributed by atoms with E-state index in [1.54, 1.807) is 0 Å². The summed E-state index contributed by atoms with van der Waals surface area (Å²) in [5.74, 6) is 0. The second-order valence-electron chi connectivity index (χ2n) is 9.38. The van der Waals surface area contributed by atoms with Gasteiger partial charge in [-0.2, -0.15) is 0 Å². The lowest BCUT2D eigenvalue weighted by atomic mass is 9.99. The Bertz CT molecular complexity index is 852. The van der Waals surface area contributed by atoms with E-state index < -0.39 is 16.1 Å². The molecule has 27 heavy (non-hydrogen) atoms. The van der Waals surface area contributed by atoms with Gasteiger partial charge < -0.3 is 0 Å². The largest absolute Gasteiger partial charge is 0.0775 e. The van der Waals surface area contributed by atoms with Gasteiger partial charge in [-0.1, -0.05) is 98.2 Å². The molecule has 0 fully saturated rings. The summed E-state index contributed by atoms with van der Waals surface area (Å²) in [4.78, 5) is 0. The number of rotatable bonds is 4. The van der Waals surface area contributed by atoms with Crippen molar-refractivity contribution in [3.63, 3.8) is 0 Å². The predicted molar refractivity (Wildman–Crippen MR) is 136 cm³/mol. The van der Waals surface area contributed by atoms with E-state index in [-0.39, 0.29) is 0 Å². The van der Waals surface area contributed by atoms with E-state index >= 15 is 0 Å². The third-order valence-electron chi connectivity index (χ3n) is 5.07. The van der Waals surface area contributed by atoms with Gasteiger partial charge in [0.25, 0.3) is 0 Å². The second kappa shape index (κ2) is 7.68. The lowest BCUT2D eigenvalue weighted by Gasteiger charge is -2.18. The number of benzene rings is 3. The predicted octanol–water partition coefficient (Wildman–Crippen LogP) is 6.72. The van der Waals surface area contributed by atoms with Gasteiger partial charge in [0.1, 0.15) is 0 Å². The van der Waals surface area contributed by atoms with Crippen LogP contribution in [0.4, 0.5) is 0 Å². The molecule has 3 aromatic carbocycles. The topological polar surface area (TPSA) is 0 Å². The van der Waals surface area contributed by atoms with Crippen LogP contribution in [0.3, 0.4) is 0 Å². The Labute approximate surface area is 180 Å². The van der Waals surface area contributed by atoms with E-state index in [2.05, 4.69) is 129 Å². The quantitative estimate of drug-likeness (QED) is 0.276. The second-order valence-corrected chi connectivity index (χ2v) is 20.8. The maximum atomic E-state index is 2.44. The Morgan fingerprint density at radius 1 is 0.481 bits per heavy atom. The fourth-order valence-corrected chi connectivity index (χ4v) is 6.25. The molecular formula is C24H29ISi2. The minimum Gasteiger partial charge on any atom is -0.0656 e. The fraction of sp³-hybridized carbons (Fsp3) is 0.250. The molecule has 0 saturated carbocycles. The molecule has 0 unspecified atom stereocenters. The van der Waals surface area contributed by atoms with Gasteiger partial charge in [-0.15, -0.1) is 0 Å². The maximum absolute atomic E-state index is 2.44. The molecule has 0 aliphatic rings. The molecule has 0 bridgehead atoms. The molecule has 0 N–H and O–H groups in total. The average Bonchev–Trinajstić information content (AvgIpc) is 2.60. The van der Waals surface area contributed by atoms with E-state index in [9.17, 15) is 0 Å². The van der Waals surface area contributed by atoms with Gasteiger partial charge in [0.15, 0.2) is 0 Å². The highest BCUT2D eigenvalue weighted by Crippen LogP contribution is 2.29. The summed E-state index contributed by atoms with van der Waals surface area (Å²) < 4.78 is 1.28. The first-order valence-corrected chi connectivity index (χ1v) is 17.6.